The van der Waals surface area contributed by atoms with Gasteiger partial charge in [-0.15, -0.1) is 0 Å². The quantitative estimate of drug-likeness (QED) is 0.516. The van der Waals surface area contributed by atoms with Gasteiger partial charge in [0.15, 0.2) is 0 Å². The Balaban J connectivity index is 3.43. The summed E-state index contributed by atoms with van der Waals surface area (Å²) in [7, 11) is -4.47. The monoisotopic (exact) mass is 273 g/mol. The van der Waals surface area contributed by atoms with Crippen LogP contribution in [0.3, 0.4) is 0 Å². The molecule has 7 nitrogen and oxygen atoms in total. The number of benzene rings is 1. The zero-order valence-corrected chi connectivity index (χ0v) is 10.6. The molecule has 100 valence electrons. The van der Waals surface area contributed by atoms with Crippen molar-refractivity contribution in [3.8, 4) is 0 Å². The molecule has 8 heteroatoms. The highest BCUT2D eigenvalue weighted by molar-refractivity contribution is 7.86. The maximum Gasteiger partial charge on any atom is 0.296 e. The number of amides is 1. The van der Waals surface area contributed by atoms with Crippen molar-refractivity contribution in [2.24, 2.45) is 5.73 Å². The van der Waals surface area contributed by atoms with Gasteiger partial charge >= 0.3 is 0 Å². The van der Waals surface area contributed by atoms with Gasteiger partial charge in [0, 0.05) is 25.7 Å². The second kappa shape index (κ2) is 5.34. The first-order valence-corrected chi connectivity index (χ1v) is 6.56. The van der Waals surface area contributed by atoms with Gasteiger partial charge in [-0.3, -0.25) is 9.35 Å². The average Bonchev–Trinajstić information content (AvgIpc) is 2.24. The SMILES string of the molecule is CC(=O)N(CCN)c1ccc(N)cc1S(=O)(=O)O. The topological polar surface area (TPSA) is 127 Å². The van der Waals surface area contributed by atoms with Crippen LogP contribution in [0.25, 0.3) is 0 Å². The molecule has 0 aliphatic rings. The van der Waals surface area contributed by atoms with E-state index >= 15 is 0 Å². The second-order valence-electron chi connectivity index (χ2n) is 3.66. The lowest BCUT2D eigenvalue weighted by Gasteiger charge is -2.22. The van der Waals surface area contributed by atoms with E-state index in [2.05, 4.69) is 0 Å². The van der Waals surface area contributed by atoms with E-state index in [1.54, 1.807) is 0 Å². The number of nitrogens with two attached hydrogens (primary N) is 2. The van der Waals surface area contributed by atoms with Crippen LogP contribution in [0.2, 0.25) is 0 Å². The van der Waals surface area contributed by atoms with Gasteiger partial charge in [0.25, 0.3) is 10.1 Å². The van der Waals surface area contributed by atoms with Crippen molar-refractivity contribution in [2.75, 3.05) is 23.7 Å². The van der Waals surface area contributed by atoms with Gasteiger partial charge < -0.3 is 16.4 Å². The van der Waals surface area contributed by atoms with Crippen LogP contribution < -0.4 is 16.4 Å². The van der Waals surface area contributed by atoms with E-state index in [1.165, 1.54) is 24.0 Å². The number of hydrogen-bond acceptors (Lipinski definition) is 5. The standard InChI is InChI=1S/C10H15N3O4S/c1-7(14)13(5-4-11)9-3-2-8(12)6-10(9)18(15,16)17/h2-3,6H,4-5,11-12H2,1H3,(H,15,16,17). The Morgan fingerprint density at radius 1 is 1.44 bits per heavy atom. The molecule has 0 fully saturated rings. The van der Waals surface area contributed by atoms with Crippen molar-refractivity contribution in [3.05, 3.63) is 18.2 Å². The van der Waals surface area contributed by atoms with Crippen molar-refractivity contribution in [1.82, 2.24) is 0 Å². The Morgan fingerprint density at radius 2 is 2.06 bits per heavy atom. The Hall–Kier alpha value is -1.64. The normalized spacial score (nSPS) is 11.3. The van der Waals surface area contributed by atoms with Crippen molar-refractivity contribution in [1.29, 1.82) is 0 Å². The molecule has 0 aliphatic heterocycles. The van der Waals surface area contributed by atoms with Gasteiger partial charge in [-0.05, 0) is 18.2 Å². The molecule has 0 aliphatic carbocycles. The second-order valence-corrected chi connectivity index (χ2v) is 5.05. The zero-order chi connectivity index (χ0) is 13.9. The Kier molecular flexibility index (Phi) is 4.28. The van der Waals surface area contributed by atoms with E-state index in [9.17, 15) is 13.2 Å². The van der Waals surface area contributed by atoms with Crippen LogP contribution in [0.5, 0.6) is 0 Å². The summed E-state index contributed by atoms with van der Waals surface area (Å²) in [6.45, 7) is 1.58. The highest BCUT2D eigenvalue weighted by atomic mass is 32.2. The van der Waals surface area contributed by atoms with Crippen LogP contribution >= 0.6 is 0 Å². The van der Waals surface area contributed by atoms with Gasteiger partial charge in [0.2, 0.25) is 5.91 Å². The van der Waals surface area contributed by atoms with Crippen LogP contribution in [0.4, 0.5) is 11.4 Å². The summed E-state index contributed by atoms with van der Waals surface area (Å²) in [5.41, 5.74) is 11.1. The minimum absolute atomic E-state index is 0.0599. The van der Waals surface area contributed by atoms with Crippen molar-refractivity contribution >= 4 is 27.4 Å². The molecule has 0 bridgehead atoms. The van der Waals surface area contributed by atoms with Gasteiger partial charge in [-0.1, -0.05) is 0 Å². The first-order chi connectivity index (χ1) is 8.27. The molecule has 0 saturated carbocycles. The maximum absolute atomic E-state index is 11.5. The number of carbonyl (C=O) groups is 1. The molecule has 0 saturated heterocycles. The fourth-order valence-corrected chi connectivity index (χ4v) is 2.26. The molecular formula is C10H15N3O4S. The summed E-state index contributed by atoms with van der Waals surface area (Å²) in [4.78, 5) is 12.2. The predicted octanol–water partition coefficient (Wildman–Crippen LogP) is -0.173. The Bertz CT molecular complexity index is 556. The molecule has 1 amide bonds. The van der Waals surface area contributed by atoms with E-state index in [-0.39, 0.29) is 30.4 Å². The minimum atomic E-state index is -4.47. The molecule has 0 spiro atoms. The maximum atomic E-state index is 11.5. The molecule has 1 aromatic rings. The van der Waals surface area contributed by atoms with Crippen LogP contribution in [-0.4, -0.2) is 32.0 Å². The fraction of sp³-hybridized carbons (Fsp3) is 0.300. The van der Waals surface area contributed by atoms with E-state index in [1.807, 2.05) is 0 Å². The molecule has 0 atom stereocenters. The highest BCUT2D eigenvalue weighted by Gasteiger charge is 2.22. The molecule has 0 radical (unpaired) electrons. The smallest absolute Gasteiger partial charge is 0.296 e. The third kappa shape index (κ3) is 3.19. The fourth-order valence-electron chi connectivity index (χ4n) is 1.54. The molecular weight excluding hydrogens is 258 g/mol. The average molecular weight is 273 g/mol. The minimum Gasteiger partial charge on any atom is -0.399 e. The first-order valence-electron chi connectivity index (χ1n) is 5.12. The molecule has 5 N–H and O–H groups in total. The summed E-state index contributed by atoms with van der Waals surface area (Å²) in [6, 6.07) is 3.89. The van der Waals surface area contributed by atoms with E-state index in [0.29, 0.717) is 0 Å². The molecule has 1 aromatic carbocycles. The number of nitrogen functional groups attached to an aromatic ring is 1. The third-order valence-electron chi connectivity index (χ3n) is 2.29. The van der Waals surface area contributed by atoms with Crippen molar-refractivity contribution in [3.63, 3.8) is 0 Å². The lowest BCUT2D eigenvalue weighted by atomic mass is 10.2. The zero-order valence-electron chi connectivity index (χ0n) is 9.83. The van der Waals surface area contributed by atoms with Gasteiger partial charge in [0.05, 0.1) is 5.69 Å². The summed E-state index contributed by atoms with van der Waals surface area (Å²) in [5, 5.41) is 0. The molecule has 1 rings (SSSR count). The third-order valence-corrected chi connectivity index (χ3v) is 3.17. The summed E-state index contributed by atoms with van der Waals surface area (Å²) < 4.78 is 31.7. The van der Waals surface area contributed by atoms with Crippen molar-refractivity contribution < 1.29 is 17.8 Å². The number of carbonyl (C=O) groups excluding carboxylic acids is 1. The number of rotatable bonds is 4. The number of hydrogen-bond donors (Lipinski definition) is 3. The summed E-state index contributed by atoms with van der Waals surface area (Å²) in [6.07, 6.45) is 0. The number of nitrogens with zero attached hydrogens (tertiary/aromatic N) is 1. The van der Waals surface area contributed by atoms with E-state index in [0.717, 1.165) is 6.07 Å². The Labute approximate surface area is 105 Å². The van der Waals surface area contributed by atoms with Gasteiger partial charge in [-0.2, -0.15) is 8.42 Å². The van der Waals surface area contributed by atoms with E-state index in [4.69, 9.17) is 16.0 Å². The summed E-state index contributed by atoms with van der Waals surface area (Å²) >= 11 is 0. The molecule has 0 aromatic heterocycles. The number of anilines is 2. The van der Waals surface area contributed by atoms with Crippen LogP contribution in [0.1, 0.15) is 6.92 Å². The van der Waals surface area contributed by atoms with Crippen LogP contribution in [0.15, 0.2) is 23.1 Å². The van der Waals surface area contributed by atoms with Crippen LogP contribution in [-0.2, 0) is 14.9 Å². The van der Waals surface area contributed by atoms with Crippen LogP contribution in [0, 0.1) is 0 Å². The van der Waals surface area contributed by atoms with Gasteiger partial charge in [0.1, 0.15) is 4.90 Å². The van der Waals surface area contributed by atoms with Crippen molar-refractivity contribution in [2.45, 2.75) is 11.8 Å². The lowest BCUT2D eigenvalue weighted by molar-refractivity contribution is -0.116. The van der Waals surface area contributed by atoms with E-state index < -0.39 is 15.0 Å². The molecule has 0 unspecified atom stereocenters. The lowest BCUT2D eigenvalue weighted by Crippen LogP contribution is -2.34. The predicted molar refractivity (Wildman–Crippen MR) is 67.8 cm³/mol. The Morgan fingerprint density at radius 3 is 2.50 bits per heavy atom. The molecule has 0 heterocycles. The highest BCUT2D eigenvalue weighted by Crippen LogP contribution is 2.27. The molecule has 18 heavy (non-hydrogen) atoms. The first kappa shape index (κ1) is 14.4. The summed E-state index contributed by atoms with van der Waals surface area (Å²) in [5.74, 6) is -0.380. The van der Waals surface area contributed by atoms with Gasteiger partial charge in [-0.25, -0.2) is 0 Å². The largest absolute Gasteiger partial charge is 0.399 e.